The van der Waals surface area contributed by atoms with E-state index in [2.05, 4.69) is 33.7 Å². The highest BCUT2D eigenvalue weighted by atomic mass is 16.5. The number of fused-ring (bicyclic) bond motifs is 2. The second-order valence-electron chi connectivity index (χ2n) is 7.53. The monoisotopic (exact) mass is 359 g/mol. The molecule has 6 nitrogen and oxygen atoms in total. The summed E-state index contributed by atoms with van der Waals surface area (Å²) in [6.45, 7) is 4.89. The van der Waals surface area contributed by atoms with Crippen LogP contribution in [0.5, 0.6) is 5.75 Å². The number of carbonyl (C=O) groups is 1. The molecule has 0 aromatic heterocycles. The van der Waals surface area contributed by atoms with E-state index in [-0.39, 0.29) is 11.9 Å². The number of anilines is 1. The van der Waals surface area contributed by atoms with Crippen LogP contribution in [0.4, 0.5) is 5.69 Å². The first-order chi connectivity index (χ1) is 12.8. The molecule has 1 aliphatic carbocycles. The number of amides is 1. The Morgan fingerprint density at radius 1 is 1.19 bits per heavy atom. The van der Waals surface area contributed by atoms with Crippen LogP contribution in [0.15, 0.2) is 18.2 Å². The van der Waals surface area contributed by atoms with Crippen molar-refractivity contribution in [3.8, 4) is 5.75 Å². The molecule has 1 unspecified atom stereocenters. The first-order valence-corrected chi connectivity index (χ1v) is 9.89. The Bertz CT molecular complexity index is 633. The molecule has 1 saturated carbocycles. The van der Waals surface area contributed by atoms with Gasteiger partial charge in [0.25, 0.3) is 0 Å². The largest absolute Gasteiger partial charge is 0.491 e. The topological polar surface area (TPSA) is 62.8 Å². The van der Waals surface area contributed by atoms with Gasteiger partial charge in [-0.25, -0.2) is 0 Å². The first-order valence-electron chi connectivity index (χ1n) is 9.89. The van der Waals surface area contributed by atoms with Crippen molar-refractivity contribution in [1.82, 2.24) is 10.2 Å². The maximum absolute atomic E-state index is 12.5. The molecule has 1 amide bonds. The maximum Gasteiger partial charge on any atom is 0.237 e. The van der Waals surface area contributed by atoms with Crippen molar-refractivity contribution in [3.05, 3.63) is 23.8 Å². The summed E-state index contributed by atoms with van der Waals surface area (Å²) in [5.41, 5.74) is 2.28. The third-order valence-corrected chi connectivity index (χ3v) is 5.42. The fourth-order valence-electron chi connectivity index (χ4n) is 3.75. The third-order valence-electron chi connectivity index (χ3n) is 5.42. The molecule has 1 atom stereocenters. The van der Waals surface area contributed by atoms with Crippen LogP contribution in [0, 0.1) is 5.92 Å². The van der Waals surface area contributed by atoms with E-state index in [4.69, 9.17) is 9.47 Å². The van der Waals surface area contributed by atoms with Gasteiger partial charge < -0.3 is 20.1 Å². The zero-order valence-electron chi connectivity index (χ0n) is 15.3. The van der Waals surface area contributed by atoms with Crippen LogP contribution in [-0.2, 0) is 16.1 Å². The normalized spacial score (nSPS) is 24.9. The molecule has 2 fully saturated rings. The van der Waals surface area contributed by atoms with Crippen LogP contribution in [0.3, 0.4) is 0 Å². The molecule has 0 spiro atoms. The van der Waals surface area contributed by atoms with E-state index in [1.165, 1.54) is 12.8 Å². The molecule has 3 aliphatic rings. The molecule has 2 N–H and O–H groups in total. The third kappa shape index (κ3) is 4.48. The van der Waals surface area contributed by atoms with E-state index in [1.54, 1.807) is 0 Å². The van der Waals surface area contributed by atoms with Crippen LogP contribution in [0.1, 0.15) is 31.2 Å². The van der Waals surface area contributed by atoms with E-state index in [1.807, 2.05) is 0 Å². The Kier molecular flexibility index (Phi) is 5.60. The Balaban J connectivity index is 1.53. The van der Waals surface area contributed by atoms with Crippen molar-refractivity contribution >= 4 is 11.6 Å². The summed E-state index contributed by atoms with van der Waals surface area (Å²) in [5.74, 6) is 1.85. The van der Waals surface area contributed by atoms with Gasteiger partial charge in [0, 0.05) is 30.9 Å². The van der Waals surface area contributed by atoms with Gasteiger partial charge in [-0.1, -0.05) is 0 Å². The van der Waals surface area contributed by atoms with Crippen molar-refractivity contribution in [3.63, 3.8) is 0 Å². The van der Waals surface area contributed by atoms with Crippen LogP contribution < -0.4 is 15.4 Å². The second-order valence-corrected chi connectivity index (χ2v) is 7.53. The summed E-state index contributed by atoms with van der Waals surface area (Å²) < 4.78 is 11.5. The average molecular weight is 359 g/mol. The molecule has 2 aliphatic heterocycles. The molecule has 0 radical (unpaired) electrons. The molecule has 1 aromatic rings. The van der Waals surface area contributed by atoms with Gasteiger partial charge in [-0.3, -0.25) is 9.69 Å². The summed E-state index contributed by atoms with van der Waals surface area (Å²) in [4.78, 5) is 14.8. The highest BCUT2D eigenvalue weighted by Crippen LogP contribution is 2.31. The van der Waals surface area contributed by atoms with Crippen LogP contribution in [-0.4, -0.2) is 56.3 Å². The number of hydrogen-bond acceptors (Lipinski definition) is 5. The Morgan fingerprint density at radius 2 is 2.12 bits per heavy atom. The zero-order chi connectivity index (χ0) is 17.8. The Hall–Kier alpha value is -1.79. The molecule has 142 valence electrons. The van der Waals surface area contributed by atoms with Gasteiger partial charge in [0.1, 0.15) is 12.4 Å². The van der Waals surface area contributed by atoms with E-state index in [0.717, 1.165) is 55.4 Å². The molecular weight excluding hydrogens is 330 g/mol. The molecule has 1 saturated heterocycles. The van der Waals surface area contributed by atoms with E-state index in [9.17, 15) is 4.79 Å². The maximum atomic E-state index is 12.5. The molecule has 6 heteroatoms. The minimum Gasteiger partial charge on any atom is -0.491 e. The molecule has 4 rings (SSSR count). The van der Waals surface area contributed by atoms with Crippen molar-refractivity contribution in [2.75, 3.05) is 44.8 Å². The predicted molar refractivity (Wildman–Crippen MR) is 100 cm³/mol. The number of benzene rings is 1. The first kappa shape index (κ1) is 17.6. The highest BCUT2D eigenvalue weighted by molar-refractivity contribution is 5.82. The quantitative estimate of drug-likeness (QED) is 0.864. The lowest BCUT2D eigenvalue weighted by Crippen LogP contribution is -2.43. The number of rotatable bonds is 3. The SMILES string of the molecule is O=C1NCCOCCOc2ccc(NCC3CC3)cc2CN2CCCC12. The van der Waals surface area contributed by atoms with Gasteiger partial charge in [-0.2, -0.15) is 0 Å². The van der Waals surface area contributed by atoms with E-state index >= 15 is 0 Å². The number of ether oxygens (including phenoxy) is 2. The molecule has 2 heterocycles. The van der Waals surface area contributed by atoms with Crippen molar-refractivity contribution in [2.24, 2.45) is 5.92 Å². The summed E-state index contributed by atoms with van der Waals surface area (Å²) in [5, 5.41) is 6.55. The summed E-state index contributed by atoms with van der Waals surface area (Å²) in [6.07, 6.45) is 4.66. The lowest BCUT2D eigenvalue weighted by atomic mass is 10.1. The van der Waals surface area contributed by atoms with Gasteiger partial charge >= 0.3 is 0 Å². The van der Waals surface area contributed by atoms with Crippen molar-refractivity contribution < 1.29 is 14.3 Å². The average Bonchev–Trinajstić information content (AvgIpc) is 3.36. The summed E-state index contributed by atoms with van der Waals surface area (Å²) in [6, 6.07) is 6.28. The van der Waals surface area contributed by atoms with Crippen molar-refractivity contribution in [1.29, 1.82) is 0 Å². The van der Waals surface area contributed by atoms with E-state index < -0.39 is 0 Å². The summed E-state index contributed by atoms with van der Waals surface area (Å²) >= 11 is 0. The number of carbonyl (C=O) groups excluding carboxylic acids is 1. The molecule has 0 bridgehead atoms. The van der Waals surface area contributed by atoms with Gasteiger partial charge in [0.2, 0.25) is 5.91 Å². The zero-order valence-corrected chi connectivity index (χ0v) is 15.3. The molecule has 26 heavy (non-hydrogen) atoms. The van der Waals surface area contributed by atoms with E-state index in [0.29, 0.717) is 26.4 Å². The minimum absolute atomic E-state index is 0.0494. The van der Waals surface area contributed by atoms with Crippen LogP contribution in [0.2, 0.25) is 0 Å². The molecular formula is C20H29N3O3. The highest BCUT2D eigenvalue weighted by Gasteiger charge is 2.31. The minimum atomic E-state index is -0.0494. The molecule has 1 aromatic carbocycles. The van der Waals surface area contributed by atoms with Gasteiger partial charge in [0.15, 0.2) is 0 Å². The predicted octanol–water partition coefficient (Wildman–Crippen LogP) is 2.00. The number of nitrogens with one attached hydrogen (secondary N) is 2. The number of hydrogen-bond donors (Lipinski definition) is 2. The van der Waals surface area contributed by atoms with Gasteiger partial charge in [0.05, 0.1) is 19.3 Å². The number of nitrogens with zero attached hydrogens (tertiary/aromatic N) is 1. The lowest BCUT2D eigenvalue weighted by Gasteiger charge is -2.25. The standard InChI is InChI=1S/C20H29N3O3/c24-20-18-2-1-8-23(18)14-16-12-17(22-13-15-3-4-15)5-6-19(16)26-11-10-25-9-7-21-20/h5-6,12,15,18,22H,1-4,7-11,13-14H2,(H,21,24). The van der Waals surface area contributed by atoms with Crippen LogP contribution >= 0.6 is 0 Å². The fourth-order valence-corrected chi connectivity index (χ4v) is 3.75. The van der Waals surface area contributed by atoms with Crippen molar-refractivity contribution in [2.45, 2.75) is 38.3 Å². The smallest absolute Gasteiger partial charge is 0.237 e. The van der Waals surface area contributed by atoms with Gasteiger partial charge in [-0.15, -0.1) is 0 Å². The lowest BCUT2D eigenvalue weighted by molar-refractivity contribution is -0.125. The van der Waals surface area contributed by atoms with Gasteiger partial charge in [-0.05, 0) is 56.3 Å². The van der Waals surface area contributed by atoms with Crippen LogP contribution in [0.25, 0.3) is 0 Å². The summed E-state index contributed by atoms with van der Waals surface area (Å²) in [7, 11) is 0. The Labute approximate surface area is 155 Å². The Morgan fingerprint density at radius 3 is 3.00 bits per heavy atom. The second kappa shape index (κ2) is 8.27. The fraction of sp³-hybridized carbons (Fsp3) is 0.650.